The number of hydrogen-bond donors (Lipinski definition) is 3. The number of carboxylic acid groups (broad SMARTS) is 1. The van der Waals surface area contributed by atoms with Gasteiger partial charge in [0.15, 0.2) is 0 Å². The molecule has 0 radical (unpaired) electrons. The minimum atomic E-state index is -1.83. The maximum absolute atomic E-state index is 10.5. The number of carboxylic acids is 1. The Hall–Kier alpha value is -1.40. The molecule has 0 bridgehead atoms. The highest BCUT2D eigenvalue weighted by molar-refractivity contribution is 5.90. The van der Waals surface area contributed by atoms with E-state index in [1.807, 2.05) is 5.32 Å². The molecule has 82 valence electrons. The average molecular weight is 205 g/mol. The van der Waals surface area contributed by atoms with Gasteiger partial charge in [-0.05, 0) is 13.0 Å². The van der Waals surface area contributed by atoms with Crippen molar-refractivity contribution >= 4 is 11.9 Å². The van der Waals surface area contributed by atoms with Crippen molar-refractivity contribution in [2.45, 2.75) is 13.2 Å². The SMILES string of the molecule is CC=CC(=O)NC(O)C(=O)O.COC. The molecule has 1 atom stereocenters. The number of carbonyl (C=O) groups excluding carboxylic acids is 1. The smallest absolute Gasteiger partial charge is 0.353 e. The van der Waals surface area contributed by atoms with Gasteiger partial charge in [0.2, 0.25) is 12.1 Å². The third-order valence-electron chi connectivity index (χ3n) is 0.831. The first-order chi connectivity index (χ1) is 6.49. The van der Waals surface area contributed by atoms with Gasteiger partial charge in [0.25, 0.3) is 0 Å². The fourth-order valence-corrected chi connectivity index (χ4v) is 0.396. The molecule has 0 saturated heterocycles. The average Bonchev–Trinajstić information content (AvgIpc) is 2.05. The van der Waals surface area contributed by atoms with Crippen molar-refractivity contribution in [3.05, 3.63) is 12.2 Å². The van der Waals surface area contributed by atoms with E-state index >= 15 is 0 Å². The molecule has 0 aliphatic rings. The number of ether oxygens (including phenoxy) is 1. The van der Waals surface area contributed by atoms with Crippen LogP contribution in [0.4, 0.5) is 0 Å². The molecule has 0 aromatic heterocycles. The molecule has 1 unspecified atom stereocenters. The summed E-state index contributed by atoms with van der Waals surface area (Å²) in [7, 11) is 3.25. The van der Waals surface area contributed by atoms with E-state index in [1.54, 1.807) is 21.1 Å². The molecular weight excluding hydrogens is 190 g/mol. The number of amides is 1. The van der Waals surface area contributed by atoms with Gasteiger partial charge in [-0.2, -0.15) is 0 Å². The molecule has 3 N–H and O–H groups in total. The predicted molar refractivity (Wildman–Crippen MR) is 49.5 cm³/mol. The summed E-state index contributed by atoms with van der Waals surface area (Å²) in [5, 5.41) is 18.5. The molecule has 0 heterocycles. The van der Waals surface area contributed by atoms with Gasteiger partial charge >= 0.3 is 5.97 Å². The standard InChI is InChI=1S/C6H9NO4.C2H6O/c1-2-3-4(8)7-5(9)6(10)11;1-3-2/h2-3,5,9H,1H3,(H,7,8)(H,10,11);1-2H3. The zero-order valence-corrected chi connectivity index (χ0v) is 8.35. The number of methoxy groups -OCH3 is 1. The normalized spacial score (nSPS) is 11.4. The zero-order valence-electron chi connectivity index (χ0n) is 8.35. The van der Waals surface area contributed by atoms with Gasteiger partial charge in [-0.3, -0.25) is 4.79 Å². The number of rotatable bonds is 3. The second-order valence-corrected chi connectivity index (χ2v) is 2.16. The predicted octanol–water partition coefficient (Wildman–Crippen LogP) is -0.656. The summed E-state index contributed by atoms with van der Waals surface area (Å²) in [6.45, 7) is 1.60. The highest BCUT2D eigenvalue weighted by Gasteiger charge is 2.13. The largest absolute Gasteiger partial charge is 0.478 e. The second-order valence-electron chi connectivity index (χ2n) is 2.16. The Morgan fingerprint density at radius 2 is 1.86 bits per heavy atom. The molecule has 1 amide bonds. The highest BCUT2D eigenvalue weighted by Crippen LogP contribution is 1.78. The third kappa shape index (κ3) is 10.6. The van der Waals surface area contributed by atoms with Crippen molar-refractivity contribution in [3.63, 3.8) is 0 Å². The van der Waals surface area contributed by atoms with E-state index in [0.29, 0.717) is 0 Å². The summed E-state index contributed by atoms with van der Waals surface area (Å²) in [6.07, 6.45) is 0.717. The highest BCUT2D eigenvalue weighted by atomic mass is 16.4. The van der Waals surface area contributed by atoms with Gasteiger partial charge in [-0.25, -0.2) is 4.79 Å². The Morgan fingerprint density at radius 3 is 2.14 bits per heavy atom. The molecule has 0 saturated carbocycles. The molecule has 14 heavy (non-hydrogen) atoms. The first-order valence-corrected chi connectivity index (χ1v) is 3.73. The number of allylic oxidation sites excluding steroid dienone is 1. The van der Waals surface area contributed by atoms with E-state index in [9.17, 15) is 9.59 Å². The lowest BCUT2D eigenvalue weighted by Crippen LogP contribution is -2.39. The first-order valence-electron chi connectivity index (χ1n) is 3.73. The van der Waals surface area contributed by atoms with Gasteiger partial charge in [0.1, 0.15) is 0 Å². The summed E-state index contributed by atoms with van der Waals surface area (Å²) in [4.78, 5) is 20.5. The van der Waals surface area contributed by atoms with Gasteiger partial charge < -0.3 is 20.3 Å². The molecule has 0 aromatic carbocycles. The van der Waals surface area contributed by atoms with Gasteiger partial charge in [-0.15, -0.1) is 0 Å². The quantitative estimate of drug-likeness (QED) is 0.420. The van der Waals surface area contributed by atoms with Gasteiger partial charge in [0.05, 0.1) is 0 Å². The molecule has 6 heteroatoms. The van der Waals surface area contributed by atoms with Gasteiger partial charge in [-0.1, -0.05) is 6.08 Å². The zero-order chi connectivity index (χ0) is 11.6. The van der Waals surface area contributed by atoms with Crippen molar-refractivity contribution in [1.82, 2.24) is 5.32 Å². The maximum atomic E-state index is 10.5. The topological polar surface area (TPSA) is 95.9 Å². The molecular formula is C8H15NO5. The number of nitrogens with one attached hydrogen (secondary N) is 1. The first kappa shape index (κ1) is 15.1. The lowest BCUT2D eigenvalue weighted by Gasteiger charge is -2.04. The molecule has 0 rings (SSSR count). The number of aliphatic hydroxyl groups excluding tert-OH is 1. The summed E-state index contributed by atoms with van der Waals surface area (Å²) in [5.74, 6) is -2.12. The van der Waals surface area contributed by atoms with Crippen LogP contribution in [-0.4, -0.2) is 42.5 Å². The van der Waals surface area contributed by atoms with Crippen LogP contribution in [0.15, 0.2) is 12.2 Å². The lowest BCUT2D eigenvalue weighted by molar-refractivity contribution is -0.150. The van der Waals surface area contributed by atoms with E-state index in [2.05, 4.69) is 4.74 Å². The van der Waals surface area contributed by atoms with E-state index in [-0.39, 0.29) is 0 Å². The molecule has 0 aliphatic heterocycles. The van der Waals surface area contributed by atoms with E-state index in [4.69, 9.17) is 10.2 Å². The van der Waals surface area contributed by atoms with Crippen molar-refractivity contribution in [2.75, 3.05) is 14.2 Å². The molecule has 0 aliphatic carbocycles. The third-order valence-corrected chi connectivity index (χ3v) is 0.831. The van der Waals surface area contributed by atoms with Crippen LogP contribution in [0.2, 0.25) is 0 Å². The molecule has 0 aromatic rings. The number of aliphatic carboxylic acids is 1. The van der Waals surface area contributed by atoms with Crippen LogP contribution < -0.4 is 5.32 Å². The fraction of sp³-hybridized carbons (Fsp3) is 0.500. The second kappa shape index (κ2) is 9.69. The monoisotopic (exact) mass is 205 g/mol. The van der Waals surface area contributed by atoms with Crippen molar-refractivity contribution < 1.29 is 24.5 Å². The van der Waals surface area contributed by atoms with Crippen LogP contribution in [0.1, 0.15) is 6.92 Å². The summed E-state index contributed by atoms with van der Waals surface area (Å²) in [5.41, 5.74) is 0. The van der Waals surface area contributed by atoms with Crippen LogP contribution in [0.5, 0.6) is 0 Å². The summed E-state index contributed by atoms with van der Waals surface area (Å²) in [6, 6.07) is 0. The lowest BCUT2D eigenvalue weighted by atomic mass is 10.4. The Morgan fingerprint density at radius 1 is 1.43 bits per heavy atom. The van der Waals surface area contributed by atoms with Gasteiger partial charge in [0, 0.05) is 14.2 Å². The van der Waals surface area contributed by atoms with Crippen molar-refractivity contribution in [2.24, 2.45) is 0 Å². The Kier molecular flexibility index (Phi) is 10.4. The Balaban J connectivity index is 0. The van der Waals surface area contributed by atoms with Crippen molar-refractivity contribution in [1.29, 1.82) is 0 Å². The fourth-order valence-electron chi connectivity index (χ4n) is 0.396. The van der Waals surface area contributed by atoms with Crippen LogP contribution in [-0.2, 0) is 14.3 Å². The van der Waals surface area contributed by atoms with Crippen LogP contribution in [0.25, 0.3) is 0 Å². The maximum Gasteiger partial charge on any atom is 0.353 e. The van der Waals surface area contributed by atoms with E-state index in [1.165, 1.54) is 6.08 Å². The summed E-state index contributed by atoms with van der Waals surface area (Å²) < 4.78 is 4.25. The number of carbonyl (C=O) groups is 2. The van der Waals surface area contributed by atoms with Crippen LogP contribution in [0, 0.1) is 0 Å². The van der Waals surface area contributed by atoms with E-state index < -0.39 is 18.1 Å². The number of hydrogen-bond acceptors (Lipinski definition) is 4. The van der Waals surface area contributed by atoms with Crippen LogP contribution >= 0.6 is 0 Å². The summed E-state index contributed by atoms with van der Waals surface area (Å²) >= 11 is 0. The Labute approximate surface area is 82.2 Å². The molecule has 0 spiro atoms. The van der Waals surface area contributed by atoms with Crippen molar-refractivity contribution in [3.8, 4) is 0 Å². The Bertz CT molecular complexity index is 202. The molecule has 6 nitrogen and oxygen atoms in total. The van der Waals surface area contributed by atoms with E-state index in [0.717, 1.165) is 6.08 Å². The number of aliphatic hydroxyl groups is 1. The minimum absolute atomic E-state index is 0.637. The minimum Gasteiger partial charge on any atom is -0.478 e. The molecule has 0 fully saturated rings. The van der Waals surface area contributed by atoms with Crippen LogP contribution in [0.3, 0.4) is 0 Å².